The SMILES string of the molecule is O=C1Nc2ccc([C@@H](O)CN3CC4=CC(Oc5ccccc5F)=C[C@@]4(O)C3)cc2CS1. The summed E-state index contributed by atoms with van der Waals surface area (Å²) in [7, 11) is 0. The van der Waals surface area contributed by atoms with E-state index in [1.54, 1.807) is 24.3 Å². The lowest BCUT2D eigenvalue weighted by molar-refractivity contribution is 0.0905. The minimum atomic E-state index is -1.18. The number of hydrogen-bond donors (Lipinski definition) is 3. The van der Waals surface area contributed by atoms with Crippen LogP contribution in [0.1, 0.15) is 17.2 Å². The van der Waals surface area contributed by atoms with Crippen molar-refractivity contribution in [2.45, 2.75) is 17.5 Å². The first-order valence-electron chi connectivity index (χ1n) is 9.95. The number of ether oxygens (including phenoxy) is 1. The number of amides is 1. The summed E-state index contributed by atoms with van der Waals surface area (Å²) >= 11 is 1.20. The number of rotatable bonds is 5. The van der Waals surface area contributed by atoms with Gasteiger partial charge in [0.2, 0.25) is 0 Å². The van der Waals surface area contributed by atoms with E-state index in [0.717, 1.165) is 22.4 Å². The number of benzene rings is 2. The number of aliphatic hydroxyl groups is 2. The van der Waals surface area contributed by atoms with Gasteiger partial charge in [0.05, 0.1) is 6.10 Å². The van der Waals surface area contributed by atoms with Crippen LogP contribution in [-0.4, -0.2) is 45.6 Å². The second kappa shape index (κ2) is 7.80. The summed E-state index contributed by atoms with van der Waals surface area (Å²) in [6, 6.07) is 11.7. The lowest BCUT2D eigenvalue weighted by atomic mass is 10.0. The lowest BCUT2D eigenvalue weighted by Crippen LogP contribution is -2.33. The van der Waals surface area contributed by atoms with Crippen molar-refractivity contribution >= 4 is 22.7 Å². The maximum Gasteiger partial charge on any atom is 0.283 e. The molecule has 6 nitrogen and oxygen atoms in total. The summed E-state index contributed by atoms with van der Waals surface area (Å²) in [6.07, 6.45) is 2.60. The molecule has 0 bridgehead atoms. The summed E-state index contributed by atoms with van der Waals surface area (Å²) in [5, 5.41) is 24.5. The normalized spacial score (nSPS) is 23.5. The Morgan fingerprint density at radius 2 is 2.13 bits per heavy atom. The number of aliphatic hydroxyl groups excluding tert-OH is 1. The Balaban J connectivity index is 1.24. The highest BCUT2D eigenvalue weighted by molar-refractivity contribution is 8.13. The second-order valence-corrected chi connectivity index (χ2v) is 8.92. The van der Waals surface area contributed by atoms with Crippen LogP contribution in [0.15, 0.2) is 65.9 Å². The molecule has 0 spiro atoms. The Bertz CT molecular complexity index is 1120. The summed E-state index contributed by atoms with van der Waals surface area (Å²) < 4.78 is 19.4. The van der Waals surface area contributed by atoms with Gasteiger partial charge in [-0.25, -0.2) is 4.39 Å². The molecule has 5 rings (SSSR count). The topological polar surface area (TPSA) is 82.0 Å². The van der Waals surface area contributed by atoms with Crippen molar-refractivity contribution in [3.8, 4) is 5.75 Å². The molecule has 2 aliphatic heterocycles. The first-order valence-corrected chi connectivity index (χ1v) is 10.9. The highest BCUT2D eigenvalue weighted by Gasteiger charge is 2.43. The number of carbonyl (C=O) groups excluding carboxylic acids is 1. The zero-order valence-corrected chi connectivity index (χ0v) is 17.4. The van der Waals surface area contributed by atoms with E-state index in [0.29, 0.717) is 31.1 Å². The van der Waals surface area contributed by atoms with Gasteiger partial charge < -0.3 is 20.3 Å². The maximum absolute atomic E-state index is 13.8. The number of likely N-dealkylation sites (tertiary alicyclic amines) is 1. The molecule has 0 aromatic heterocycles. The molecule has 2 atom stereocenters. The molecule has 3 N–H and O–H groups in total. The predicted molar refractivity (Wildman–Crippen MR) is 116 cm³/mol. The van der Waals surface area contributed by atoms with Gasteiger partial charge in [-0.3, -0.25) is 9.69 Å². The number of anilines is 1. The molecule has 3 aliphatic rings. The summed E-state index contributed by atoms with van der Waals surface area (Å²) in [5.74, 6) is 0.645. The molecule has 2 aromatic rings. The Morgan fingerprint density at radius 1 is 1.29 bits per heavy atom. The Kier molecular flexibility index (Phi) is 5.10. The van der Waals surface area contributed by atoms with Gasteiger partial charge in [-0.05, 0) is 47.1 Å². The van der Waals surface area contributed by atoms with Crippen LogP contribution in [0.5, 0.6) is 5.75 Å². The van der Waals surface area contributed by atoms with Crippen LogP contribution in [0, 0.1) is 5.82 Å². The fourth-order valence-electron chi connectivity index (χ4n) is 4.18. The number of nitrogens with zero attached hydrogens (tertiary/aromatic N) is 1. The first kappa shape index (κ1) is 20.3. The molecular formula is C23H21FN2O4S. The number of thioether (sulfide) groups is 1. The van der Waals surface area contributed by atoms with E-state index >= 15 is 0 Å². The molecule has 1 fully saturated rings. The van der Waals surface area contributed by atoms with E-state index in [9.17, 15) is 19.4 Å². The largest absolute Gasteiger partial charge is 0.455 e. The van der Waals surface area contributed by atoms with Crippen LogP contribution in [-0.2, 0) is 5.75 Å². The van der Waals surface area contributed by atoms with E-state index < -0.39 is 17.5 Å². The molecule has 1 amide bonds. The molecule has 0 unspecified atom stereocenters. The average Bonchev–Trinajstić information content (AvgIpc) is 3.19. The van der Waals surface area contributed by atoms with Gasteiger partial charge in [0.15, 0.2) is 11.6 Å². The number of para-hydroxylation sites is 1. The number of nitrogens with one attached hydrogen (secondary N) is 1. The molecule has 1 aliphatic carbocycles. The Morgan fingerprint density at radius 3 is 2.94 bits per heavy atom. The Hall–Kier alpha value is -2.65. The number of halogens is 1. The standard InChI is InChI=1S/C23H21FN2O4S/c24-18-3-1-2-4-21(18)30-17-8-16-10-26(13-23(16,29)9-17)11-20(27)14-5-6-19-15(7-14)12-31-22(28)25-19/h1-9,20,27,29H,10-13H2,(H,25,28)/t20-,23+/m0/s1. The average molecular weight is 440 g/mol. The van der Waals surface area contributed by atoms with Gasteiger partial charge >= 0.3 is 0 Å². The van der Waals surface area contributed by atoms with Gasteiger partial charge in [-0.15, -0.1) is 0 Å². The molecule has 8 heteroatoms. The molecule has 1 saturated heterocycles. The van der Waals surface area contributed by atoms with Gasteiger partial charge in [-0.1, -0.05) is 36.0 Å². The fourth-order valence-corrected chi connectivity index (χ4v) is 4.89. The van der Waals surface area contributed by atoms with Gasteiger partial charge in [0.25, 0.3) is 5.24 Å². The van der Waals surface area contributed by atoms with Crippen molar-refractivity contribution in [1.29, 1.82) is 0 Å². The van der Waals surface area contributed by atoms with Crippen LogP contribution in [0.2, 0.25) is 0 Å². The van der Waals surface area contributed by atoms with Crippen LogP contribution in [0.3, 0.4) is 0 Å². The third-order valence-electron chi connectivity index (χ3n) is 5.72. The monoisotopic (exact) mass is 440 g/mol. The van der Waals surface area contributed by atoms with Crippen LogP contribution in [0.4, 0.5) is 14.9 Å². The van der Waals surface area contributed by atoms with Crippen molar-refractivity contribution in [1.82, 2.24) is 4.90 Å². The number of allylic oxidation sites excluding steroid dienone is 1. The van der Waals surface area contributed by atoms with Crippen molar-refractivity contribution < 1.29 is 24.1 Å². The van der Waals surface area contributed by atoms with E-state index in [1.165, 1.54) is 23.9 Å². The number of β-amino-alcohol motifs (C(OH)–C–C–N with tert-alkyl or cyclic N) is 2. The van der Waals surface area contributed by atoms with Crippen molar-refractivity contribution in [2.24, 2.45) is 0 Å². The van der Waals surface area contributed by atoms with Crippen LogP contribution in [0.25, 0.3) is 0 Å². The first-order chi connectivity index (χ1) is 14.9. The minimum Gasteiger partial charge on any atom is -0.455 e. The second-order valence-electron chi connectivity index (χ2n) is 7.98. The minimum absolute atomic E-state index is 0.0719. The number of carbonyl (C=O) groups is 1. The zero-order chi connectivity index (χ0) is 21.6. The Labute approximate surface area is 183 Å². The summed E-state index contributed by atoms with van der Waals surface area (Å²) in [6.45, 7) is 1.15. The number of fused-ring (bicyclic) bond motifs is 2. The lowest BCUT2D eigenvalue weighted by Gasteiger charge is -2.23. The number of hydrogen-bond acceptors (Lipinski definition) is 6. The van der Waals surface area contributed by atoms with Crippen molar-refractivity contribution in [3.63, 3.8) is 0 Å². The highest BCUT2D eigenvalue weighted by Crippen LogP contribution is 2.37. The van der Waals surface area contributed by atoms with Gasteiger partial charge in [0, 0.05) is 31.1 Å². The van der Waals surface area contributed by atoms with E-state index in [4.69, 9.17) is 4.74 Å². The fraction of sp³-hybridized carbons (Fsp3) is 0.261. The van der Waals surface area contributed by atoms with Crippen LogP contribution < -0.4 is 10.1 Å². The predicted octanol–water partition coefficient (Wildman–Crippen LogP) is 3.59. The molecule has 2 aromatic carbocycles. The molecule has 160 valence electrons. The smallest absolute Gasteiger partial charge is 0.283 e. The molecule has 0 saturated carbocycles. The molecule has 0 radical (unpaired) electrons. The maximum atomic E-state index is 13.8. The summed E-state index contributed by atoms with van der Waals surface area (Å²) in [5.41, 5.74) is 2.11. The molecular weight excluding hydrogens is 419 g/mol. The van der Waals surface area contributed by atoms with E-state index in [1.807, 2.05) is 23.1 Å². The zero-order valence-electron chi connectivity index (χ0n) is 16.5. The van der Waals surface area contributed by atoms with E-state index in [2.05, 4.69) is 5.32 Å². The molecule has 2 heterocycles. The van der Waals surface area contributed by atoms with Gasteiger partial charge in [-0.2, -0.15) is 0 Å². The van der Waals surface area contributed by atoms with Crippen molar-refractivity contribution in [2.75, 3.05) is 25.0 Å². The highest BCUT2D eigenvalue weighted by atomic mass is 32.2. The van der Waals surface area contributed by atoms with Crippen molar-refractivity contribution in [3.05, 3.63) is 82.9 Å². The van der Waals surface area contributed by atoms with Crippen LogP contribution >= 0.6 is 11.8 Å². The quantitative estimate of drug-likeness (QED) is 0.659. The summed E-state index contributed by atoms with van der Waals surface area (Å²) in [4.78, 5) is 13.5. The molecule has 31 heavy (non-hydrogen) atoms. The van der Waals surface area contributed by atoms with E-state index in [-0.39, 0.29) is 11.0 Å². The third-order valence-corrected chi connectivity index (χ3v) is 6.54. The third kappa shape index (κ3) is 3.99. The van der Waals surface area contributed by atoms with Gasteiger partial charge in [0.1, 0.15) is 11.4 Å².